The number of anilines is 2. The Morgan fingerprint density at radius 2 is 1.86 bits per heavy atom. The molecule has 1 amide bonds. The molecule has 0 spiro atoms. The quantitative estimate of drug-likeness (QED) is 0.753. The number of likely N-dealkylation sites (N-methyl/N-ethyl adjacent to an activating group) is 1. The fourth-order valence-electron chi connectivity index (χ4n) is 3.84. The van der Waals surface area contributed by atoms with Crippen molar-refractivity contribution in [3.05, 3.63) is 17.8 Å². The molecule has 0 unspecified atom stereocenters. The minimum Gasteiger partial charge on any atom is -0.444 e. The van der Waals surface area contributed by atoms with Crippen LogP contribution < -0.4 is 9.80 Å². The fraction of sp³-hybridized carbons (Fsp3) is 0.667. The van der Waals surface area contributed by atoms with Gasteiger partial charge in [0.2, 0.25) is 0 Å². The molecule has 1 aromatic heterocycles. The van der Waals surface area contributed by atoms with Crippen LogP contribution in [0.2, 0.25) is 0 Å². The van der Waals surface area contributed by atoms with E-state index in [2.05, 4.69) is 45.8 Å². The summed E-state index contributed by atoms with van der Waals surface area (Å²) in [5.41, 5.74) is 0.925. The summed E-state index contributed by atoms with van der Waals surface area (Å²) in [6, 6.07) is 6.46. The first-order chi connectivity index (χ1) is 13.7. The maximum atomic E-state index is 12.3. The Morgan fingerprint density at radius 3 is 2.45 bits per heavy atom. The lowest BCUT2D eigenvalue weighted by molar-refractivity contribution is 0.0240. The van der Waals surface area contributed by atoms with Crippen LogP contribution in [0.15, 0.2) is 12.1 Å². The number of piperazine rings is 2. The molecular formula is C21H32N6O2. The molecule has 2 fully saturated rings. The average molecular weight is 401 g/mol. The van der Waals surface area contributed by atoms with Gasteiger partial charge in [0.25, 0.3) is 0 Å². The highest BCUT2D eigenvalue weighted by molar-refractivity contribution is 5.69. The minimum absolute atomic E-state index is 0.267. The number of pyridine rings is 1. The molecule has 8 nitrogen and oxygen atoms in total. The van der Waals surface area contributed by atoms with Crippen LogP contribution in [0, 0.1) is 11.3 Å². The molecule has 0 bridgehead atoms. The van der Waals surface area contributed by atoms with Gasteiger partial charge in [0.15, 0.2) is 0 Å². The van der Waals surface area contributed by atoms with Gasteiger partial charge in [-0.2, -0.15) is 5.26 Å². The maximum Gasteiger partial charge on any atom is 0.410 e. The highest BCUT2D eigenvalue weighted by atomic mass is 16.6. The summed E-state index contributed by atoms with van der Waals surface area (Å²) in [6.45, 7) is 13.3. The number of nitriles is 1. The topological polar surface area (TPSA) is 75.9 Å². The second kappa shape index (κ2) is 8.46. The van der Waals surface area contributed by atoms with Gasteiger partial charge in [-0.15, -0.1) is 0 Å². The van der Waals surface area contributed by atoms with Crippen molar-refractivity contribution in [2.45, 2.75) is 39.3 Å². The highest BCUT2D eigenvalue weighted by Crippen LogP contribution is 2.26. The Hall–Kier alpha value is -2.53. The third kappa shape index (κ3) is 5.30. The number of amides is 1. The van der Waals surface area contributed by atoms with E-state index < -0.39 is 5.60 Å². The van der Waals surface area contributed by atoms with Crippen LogP contribution in [-0.4, -0.2) is 85.4 Å². The molecule has 0 aromatic carbocycles. The molecule has 3 heterocycles. The molecular weight excluding hydrogens is 368 g/mol. The minimum atomic E-state index is -0.491. The predicted octanol–water partition coefficient (Wildman–Crippen LogP) is 2.15. The van der Waals surface area contributed by atoms with Gasteiger partial charge in [-0.05, 0) is 40.8 Å². The van der Waals surface area contributed by atoms with E-state index in [0.29, 0.717) is 37.9 Å². The first kappa shape index (κ1) is 21.2. The summed E-state index contributed by atoms with van der Waals surface area (Å²) in [7, 11) is 2.13. The summed E-state index contributed by atoms with van der Waals surface area (Å²) >= 11 is 0. The van der Waals surface area contributed by atoms with Crippen molar-refractivity contribution in [3.8, 4) is 6.07 Å². The molecule has 1 atom stereocenters. The fourth-order valence-corrected chi connectivity index (χ4v) is 3.84. The van der Waals surface area contributed by atoms with Crippen molar-refractivity contribution in [2.75, 3.05) is 62.7 Å². The molecule has 2 aliphatic rings. The lowest BCUT2D eigenvalue weighted by Gasteiger charge is -2.40. The summed E-state index contributed by atoms with van der Waals surface area (Å²) in [4.78, 5) is 25.4. The number of carbonyl (C=O) groups excluding carboxylic acids is 1. The number of carbonyl (C=O) groups is 1. The third-order valence-corrected chi connectivity index (χ3v) is 5.33. The predicted molar refractivity (Wildman–Crippen MR) is 113 cm³/mol. The largest absolute Gasteiger partial charge is 0.444 e. The van der Waals surface area contributed by atoms with Gasteiger partial charge in [-0.1, -0.05) is 0 Å². The van der Waals surface area contributed by atoms with E-state index in [1.165, 1.54) is 0 Å². The van der Waals surface area contributed by atoms with Crippen LogP contribution in [0.3, 0.4) is 0 Å². The highest BCUT2D eigenvalue weighted by Gasteiger charge is 2.28. The van der Waals surface area contributed by atoms with Crippen LogP contribution in [-0.2, 0) is 4.74 Å². The number of hydrogen-bond donors (Lipinski definition) is 0. The Labute approximate surface area is 173 Å². The Balaban J connectivity index is 1.72. The van der Waals surface area contributed by atoms with E-state index >= 15 is 0 Å². The number of hydrogen-bond acceptors (Lipinski definition) is 7. The molecule has 0 saturated carbocycles. The van der Waals surface area contributed by atoms with Crippen LogP contribution in [0.5, 0.6) is 0 Å². The van der Waals surface area contributed by atoms with Gasteiger partial charge < -0.3 is 24.3 Å². The van der Waals surface area contributed by atoms with Gasteiger partial charge >= 0.3 is 6.09 Å². The molecule has 0 radical (unpaired) electrons. The van der Waals surface area contributed by atoms with Gasteiger partial charge in [-0.25, -0.2) is 9.78 Å². The van der Waals surface area contributed by atoms with Crippen molar-refractivity contribution >= 4 is 17.6 Å². The van der Waals surface area contributed by atoms with E-state index in [0.717, 1.165) is 31.1 Å². The second-order valence-corrected chi connectivity index (χ2v) is 8.94. The standard InChI is InChI=1S/C21H32N6O2/c1-16-15-24(5)6-11-27(16)19-13-18(12-17(14-22)23-19)25-7-9-26(10-8-25)20(28)29-21(2,3)4/h12-13,16H,6-11,15H2,1-5H3/t16-/m0/s1. The van der Waals surface area contributed by atoms with Crippen molar-refractivity contribution in [1.82, 2.24) is 14.8 Å². The summed E-state index contributed by atoms with van der Waals surface area (Å²) in [5.74, 6) is 0.856. The molecule has 2 saturated heterocycles. The monoisotopic (exact) mass is 400 g/mol. The van der Waals surface area contributed by atoms with Crippen molar-refractivity contribution in [3.63, 3.8) is 0 Å². The van der Waals surface area contributed by atoms with E-state index in [1.807, 2.05) is 26.8 Å². The van der Waals surface area contributed by atoms with Gasteiger partial charge in [0, 0.05) is 63.6 Å². The summed E-state index contributed by atoms with van der Waals surface area (Å²) < 4.78 is 5.48. The number of nitrogens with zero attached hydrogens (tertiary/aromatic N) is 6. The molecule has 3 rings (SSSR count). The first-order valence-electron chi connectivity index (χ1n) is 10.3. The summed E-state index contributed by atoms with van der Waals surface area (Å²) in [6.07, 6.45) is -0.267. The smallest absolute Gasteiger partial charge is 0.410 e. The average Bonchev–Trinajstić information content (AvgIpc) is 2.66. The van der Waals surface area contributed by atoms with Crippen LogP contribution in [0.4, 0.5) is 16.3 Å². The zero-order valence-electron chi connectivity index (χ0n) is 18.2. The van der Waals surface area contributed by atoms with E-state index in [1.54, 1.807) is 4.90 Å². The van der Waals surface area contributed by atoms with Crippen molar-refractivity contribution < 1.29 is 9.53 Å². The Morgan fingerprint density at radius 1 is 1.17 bits per heavy atom. The van der Waals surface area contributed by atoms with Gasteiger partial charge in [-0.3, -0.25) is 0 Å². The SMILES string of the molecule is C[C@H]1CN(C)CCN1c1cc(N2CCN(C(=O)OC(C)(C)C)CC2)cc(C#N)n1. The van der Waals surface area contributed by atoms with Crippen LogP contribution >= 0.6 is 0 Å². The molecule has 29 heavy (non-hydrogen) atoms. The number of rotatable bonds is 2. The van der Waals surface area contributed by atoms with Crippen molar-refractivity contribution in [1.29, 1.82) is 5.26 Å². The van der Waals surface area contributed by atoms with E-state index in [4.69, 9.17) is 4.74 Å². The molecule has 0 aliphatic carbocycles. The van der Waals surface area contributed by atoms with E-state index in [-0.39, 0.29) is 6.09 Å². The Bertz CT molecular complexity index is 776. The maximum absolute atomic E-state index is 12.3. The zero-order chi connectivity index (χ0) is 21.2. The number of ether oxygens (including phenoxy) is 1. The first-order valence-corrected chi connectivity index (χ1v) is 10.3. The van der Waals surface area contributed by atoms with Crippen LogP contribution in [0.25, 0.3) is 0 Å². The molecule has 1 aromatic rings. The lowest BCUT2D eigenvalue weighted by Crippen LogP contribution is -2.51. The van der Waals surface area contributed by atoms with E-state index in [9.17, 15) is 10.1 Å². The molecule has 8 heteroatoms. The molecule has 158 valence electrons. The second-order valence-electron chi connectivity index (χ2n) is 8.94. The zero-order valence-corrected chi connectivity index (χ0v) is 18.2. The summed E-state index contributed by atoms with van der Waals surface area (Å²) in [5, 5.41) is 9.49. The normalized spacial score (nSPS) is 21.1. The third-order valence-electron chi connectivity index (χ3n) is 5.33. The lowest BCUT2D eigenvalue weighted by atomic mass is 10.1. The van der Waals surface area contributed by atoms with Crippen molar-refractivity contribution in [2.24, 2.45) is 0 Å². The Kier molecular flexibility index (Phi) is 6.18. The molecule has 0 N–H and O–H groups in total. The van der Waals surface area contributed by atoms with Crippen LogP contribution in [0.1, 0.15) is 33.4 Å². The molecule has 2 aliphatic heterocycles. The van der Waals surface area contributed by atoms with Gasteiger partial charge in [0.1, 0.15) is 23.2 Å². The number of aromatic nitrogens is 1. The van der Waals surface area contributed by atoms with Gasteiger partial charge in [0.05, 0.1) is 0 Å².